The largest absolute Gasteiger partial charge is 0.493 e. The third kappa shape index (κ3) is 10.2. The number of rotatable bonds is 15. The van der Waals surface area contributed by atoms with Crippen molar-refractivity contribution in [3.63, 3.8) is 0 Å². The summed E-state index contributed by atoms with van der Waals surface area (Å²) in [5.74, 6) is 0.218. The van der Waals surface area contributed by atoms with E-state index in [0.29, 0.717) is 18.3 Å². The first-order valence-corrected chi connectivity index (χ1v) is 12.7. The van der Waals surface area contributed by atoms with Gasteiger partial charge in [-0.2, -0.15) is 0 Å². The molecule has 7 heteroatoms. The molecule has 194 valence electrons. The molecule has 2 rings (SSSR count). The zero-order valence-electron chi connectivity index (χ0n) is 20.9. The predicted molar refractivity (Wildman–Crippen MR) is 134 cm³/mol. The van der Waals surface area contributed by atoms with Crippen LogP contribution in [0.15, 0.2) is 42.5 Å². The van der Waals surface area contributed by atoms with E-state index < -0.39 is 25.2 Å². The third-order valence-corrected chi connectivity index (χ3v) is 6.40. The molecule has 0 aliphatic heterocycles. The van der Waals surface area contributed by atoms with Crippen molar-refractivity contribution < 1.29 is 34.0 Å². The van der Waals surface area contributed by atoms with Crippen LogP contribution < -0.4 is 14.2 Å². The van der Waals surface area contributed by atoms with Crippen molar-refractivity contribution >= 4 is 11.9 Å². The Labute approximate surface area is 208 Å². The molecule has 1 aliphatic rings. The van der Waals surface area contributed by atoms with Gasteiger partial charge >= 0.3 is 11.9 Å². The molecule has 1 saturated carbocycles. The summed E-state index contributed by atoms with van der Waals surface area (Å²) < 4.78 is 16.5. The van der Waals surface area contributed by atoms with Crippen LogP contribution in [0.1, 0.15) is 71.1 Å². The van der Waals surface area contributed by atoms with Gasteiger partial charge in [-0.05, 0) is 24.7 Å². The van der Waals surface area contributed by atoms with Crippen LogP contribution in [0.25, 0.3) is 0 Å². The number of carbonyl (C=O) groups excluding carboxylic acids is 2. The molecule has 0 spiro atoms. The number of hydrogen-bond acceptors (Lipinski definition) is 7. The molecule has 0 amide bonds. The fraction of sp³-hybridized carbons (Fsp3) is 0.571. The quantitative estimate of drug-likeness (QED) is 0.152. The number of aliphatic hydroxyl groups excluding tert-OH is 2. The van der Waals surface area contributed by atoms with Crippen LogP contribution >= 0.6 is 0 Å². The van der Waals surface area contributed by atoms with Gasteiger partial charge in [-0.25, -0.2) is 9.59 Å². The van der Waals surface area contributed by atoms with E-state index in [0.717, 1.165) is 18.8 Å². The van der Waals surface area contributed by atoms with Crippen molar-refractivity contribution in [1.82, 2.24) is 0 Å². The number of ether oxygens (including phenoxy) is 3. The predicted octanol–water partition coefficient (Wildman–Crippen LogP) is 5.14. The summed E-state index contributed by atoms with van der Waals surface area (Å²) in [6.45, 7) is 8.59. The molecule has 0 radical (unpaired) electrons. The molecule has 0 bridgehead atoms. The van der Waals surface area contributed by atoms with E-state index in [2.05, 4.69) is 20.1 Å². The highest BCUT2D eigenvalue weighted by molar-refractivity contribution is 5.90. The van der Waals surface area contributed by atoms with Gasteiger partial charge in [0.15, 0.2) is 0 Å². The highest BCUT2D eigenvalue weighted by Gasteiger charge is 2.22. The molecule has 1 fully saturated rings. The lowest BCUT2D eigenvalue weighted by atomic mass is 9.80. The lowest BCUT2D eigenvalue weighted by molar-refractivity contribution is -0.131. The minimum Gasteiger partial charge on any atom is -0.493 e. The van der Waals surface area contributed by atoms with Gasteiger partial charge in [-0.15, -0.1) is 0 Å². The number of hydrogen-bond donors (Lipinski definition) is 2. The van der Waals surface area contributed by atoms with Gasteiger partial charge in [-0.1, -0.05) is 71.4 Å². The molecule has 35 heavy (non-hydrogen) atoms. The first kappa shape index (κ1) is 28.6. The number of aliphatic hydroxyl groups is 2. The summed E-state index contributed by atoms with van der Waals surface area (Å²) in [6, 6.07) is 4.41. The van der Waals surface area contributed by atoms with Crippen molar-refractivity contribution in [3.8, 4) is 17.2 Å². The van der Waals surface area contributed by atoms with Gasteiger partial charge in [-0.3, -0.25) is 0 Å². The monoisotopic (exact) mass is 488 g/mol. The molecule has 1 aromatic carbocycles. The van der Waals surface area contributed by atoms with Crippen LogP contribution in [0.2, 0.25) is 0 Å². The van der Waals surface area contributed by atoms with Crippen LogP contribution in [0.4, 0.5) is 0 Å². The normalized spacial score (nSPS) is 17.5. The SMILES string of the molecule is C=C(CO)C(=O)Oc1cc(OCC2CCC(CCCCCCC)CC2)cc(OC(=O)C(=C)CO)c1. The van der Waals surface area contributed by atoms with E-state index in [1.54, 1.807) is 0 Å². The molecule has 0 saturated heterocycles. The van der Waals surface area contributed by atoms with Crippen LogP contribution in [0.3, 0.4) is 0 Å². The fourth-order valence-electron chi connectivity index (χ4n) is 4.17. The number of benzene rings is 1. The Bertz CT molecular complexity index is 805. The number of unbranched alkanes of at least 4 members (excludes halogenated alkanes) is 4. The van der Waals surface area contributed by atoms with Crippen molar-refractivity contribution in [3.05, 3.63) is 42.5 Å². The van der Waals surface area contributed by atoms with Crippen molar-refractivity contribution in [2.45, 2.75) is 71.1 Å². The summed E-state index contributed by atoms with van der Waals surface area (Å²) in [5.41, 5.74) is -0.212. The molecule has 2 N–H and O–H groups in total. The lowest BCUT2D eigenvalue weighted by Crippen LogP contribution is -2.20. The Kier molecular flexibility index (Phi) is 12.6. The van der Waals surface area contributed by atoms with E-state index in [9.17, 15) is 9.59 Å². The van der Waals surface area contributed by atoms with Crippen LogP contribution in [-0.4, -0.2) is 42.0 Å². The first-order valence-electron chi connectivity index (χ1n) is 12.7. The van der Waals surface area contributed by atoms with Gasteiger partial charge in [0.1, 0.15) is 17.2 Å². The van der Waals surface area contributed by atoms with Crippen molar-refractivity contribution in [2.24, 2.45) is 11.8 Å². The summed E-state index contributed by atoms with van der Waals surface area (Å²) in [5, 5.41) is 18.2. The summed E-state index contributed by atoms with van der Waals surface area (Å²) >= 11 is 0. The van der Waals surface area contributed by atoms with E-state index >= 15 is 0 Å². The molecule has 0 atom stereocenters. The first-order chi connectivity index (χ1) is 16.9. The summed E-state index contributed by atoms with van der Waals surface area (Å²) in [4.78, 5) is 24.1. The van der Waals surface area contributed by atoms with E-state index in [-0.39, 0.29) is 22.6 Å². The molecule has 1 aromatic rings. The van der Waals surface area contributed by atoms with Crippen LogP contribution in [0.5, 0.6) is 17.2 Å². The van der Waals surface area contributed by atoms with E-state index in [4.69, 9.17) is 24.4 Å². The molecule has 0 unspecified atom stereocenters. The second-order valence-corrected chi connectivity index (χ2v) is 9.34. The maximum Gasteiger partial charge on any atom is 0.341 e. The van der Waals surface area contributed by atoms with Crippen molar-refractivity contribution in [2.75, 3.05) is 19.8 Å². The number of carbonyl (C=O) groups is 2. The van der Waals surface area contributed by atoms with E-state index in [1.165, 1.54) is 69.6 Å². The Hall–Kier alpha value is -2.64. The van der Waals surface area contributed by atoms with Gasteiger partial charge in [0, 0.05) is 18.2 Å². The van der Waals surface area contributed by atoms with Gasteiger partial charge < -0.3 is 24.4 Å². The van der Waals surface area contributed by atoms with Gasteiger partial charge in [0.2, 0.25) is 0 Å². The fourth-order valence-corrected chi connectivity index (χ4v) is 4.17. The molecular formula is C28H40O7. The topological polar surface area (TPSA) is 102 Å². The van der Waals surface area contributed by atoms with Crippen molar-refractivity contribution in [1.29, 1.82) is 0 Å². The minimum absolute atomic E-state index is 0.0892. The maximum atomic E-state index is 12.0. The molecule has 7 nitrogen and oxygen atoms in total. The summed E-state index contributed by atoms with van der Waals surface area (Å²) in [7, 11) is 0. The summed E-state index contributed by atoms with van der Waals surface area (Å²) in [6.07, 6.45) is 12.6. The number of esters is 2. The molecule has 1 aliphatic carbocycles. The third-order valence-electron chi connectivity index (χ3n) is 6.40. The zero-order chi connectivity index (χ0) is 25.6. The highest BCUT2D eigenvalue weighted by Crippen LogP contribution is 2.34. The van der Waals surface area contributed by atoms with Gasteiger partial charge in [0.25, 0.3) is 0 Å². The Morgan fingerprint density at radius 3 is 1.80 bits per heavy atom. The van der Waals surface area contributed by atoms with Crippen LogP contribution in [-0.2, 0) is 9.59 Å². The highest BCUT2D eigenvalue weighted by atomic mass is 16.5. The Morgan fingerprint density at radius 2 is 1.29 bits per heavy atom. The average Bonchev–Trinajstić information content (AvgIpc) is 2.86. The zero-order valence-corrected chi connectivity index (χ0v) is 20.9. The molecular weight excluding hydrogens is 448 g/mol. The van der Waals surface area contributed by atoms with E-state index in [1.807, 2.05) is 0 Å². The maximum absolute atomic E-state index is 12.0. The molecule has 0 heterocycles. The lowest BCUT2D eigenvalue weighted by Gasteiger charge is -2.28. The Balaban J connectivity index is 1.94. The average molecular weight is 489 g/mol. The second kappa shape index (κ2) is 15.4. The minimum atomic E-state index is -0.797. The van der Waals surface area contributed by atoms with Crippen LogP contribution in [0, 0.1) is 11.8 Å². The smallest absolute Gasteiger partial charge is 0.341 e. The second-order valence-electron chi connectivity index (χ2n) is 9.34. The standard InChI is InChI=1S/C28H40O7/c1-4-5-6-7-8-9-22-10-12-23(13-11-22)19-33-24-14-25(34-27(31)20(2)17-29)16-26(15-24)35-28(32)21(3)18-30/h14-16,22-23,29-30H,2-13,17-19H2,1H3. The van der Waals surface area contributed by atoms with Gasteiger partial charge in [0.05, 0.1) is 31.0 Å². The Morgan fingerprint density at radius 1 is 0.800 bits per heavy atom. The molecule has 0 aromatic heterocycles.